The van der Waals surface area contributed by atoms with Crippen LogP contribution in [-0.2, 0) is 26.6 Å². The highest BCUT2D eigenvalue weighted by atomic mass is 35.5. The van der Waals surface area contributed by atoms with E-state index in [0.717, 1.165) is 38.0 Å². The summed E-state index contributed by atoms with van der Waals surface area (Å²) in [4.78, 5) is 15.3. The van der Waals surface area contributed by atoms with Gasteiger partial charge in [0.05, 0.1) is 24.3 Å². The van der Waals surface area contributed by atoms with E-state index in [1.807, 2.05) is 18.2 Å². The molecule has 1 N–H and O–H groups in total. The lowest BCUT2D eigenvalue weighted by Gasteiger charge is -2.25. The Bertz CT molecular complexity index is 1180. The summed E-state index contributed by atoms with van der Waals surface area (Å²) in [6, 6.07) is 10.0. The smallest absolute Gasteiger partial charge is 0.248 e. The molecule has 0 radical (unpaired) electrons. The maximum Gasteiger partial charge on any atom is 0.248 e. The lowest BCUT2D eigenvalue weighted by Crippen LogP contribution is -2.37. The Kier molecular flexibility index (Phi) is 7.42. The van der Waals surface area contributed by atoms with Crippen molar-refractivity contribution in [3.05, 3.63) is 46.7 Å². The molecule has 0 saturated carbocycles. The minimum Gasteiger partial charge on any atom is -0.381 e. The fraction of sp³-hybridized carbons (Fsp3) is 0.600. The third kappa shape index (κ3) is 5.06. The molecule has 1 amide bonds. The Morgan fingerprint density at radius 3 is 2.47 bits per heavy atom. The number of benzene rings is 1. The molecule has 2 aromatic rings. The van der Waals surface area contributed by atoms with Crippen LogP contribution in [0, 0.1) is 24.7 Å². The zero-order valence-electron chi connectivity index (χ0n) is 20.8. The van der Waals surface area contributed by atoms with E-state index in [1.54, 1.807) is 18.3 Å². The van der Waals surface area contributed by atoms with Crippen LogP contribution < -0.4 is 5.32 Å². The van der Waals surface area contributed by atoms with Crippen LogP contribution in [0.15, 0.2) is 35.2 Å². The Hall–Kier alpha value is -1.98. The predicted octanol–water partition coefficient (Wildman–Crippen LogP) is 2.22. The average Bonchev–Trinajstić information content (AvgIpc) is 3.62. The lowest BCUT2D eigenvalue weighted by atomic mass is 10.0. The SMILES string of the molecule is Cc1nn(C)c(Cl)c1S(=O)(=O)N1CC2CN(CCC(NC(=O)C3CCOC3)c3ccccc3)C[C@H]2C1. The molecule has 1 aromatic carbocycles. The number of hydrogen-bond acceptors (Lipinski definition) is 6. The summed E-state index contributed by atoms with van der Waals surface area (Å²) in [5.41, 5.74) is 1.53. The molecule has 0 spiro atoms. The second kappa shape index (κ2) is 10.4. The van der Waals surface area contributed by atoms with Gasteiger partial charge in [0.25, 0.3) is 0 Å². The molecular weight excluding hydrogens is 502 g/mol. The molecule has 3 aliphatic heterocycles. The third-order valence-corrected chi connectivity index (χ3v) is 10.3. The number of aromatic nitrogens is 2. The van der Waals surface area contributed by atoms with E-state index in [1.165, 1.54) is 4.68 Å². The molecule has 4 atom stereocenters. The van der Waals surface area contributed by atoms with E-state index in [-0.39, 0.29) is 39.8 Å². The van der Waals surface area contributed by atoms with Gasteiger partial charge >= 0.3 is 0 Å². The highest BCUT2D eigenvalue weighted by molar-refractivity contribution is 7.89. The van der Waals surface area contributed by atoms with Crippen LogP contribution in [0.4, 0.5) is 0 Å². The minimum absolute atomic E-state index is 0.0600. The number of likely N-dealkylation sites (tertiary alicyclic amines) is 1. The summed E-state index contributed by atoms with van der Waals surface area (Å²) < 4.78 is 35.0. The predicted molar refractivity (Wildman–Crippen MR) is 136 cm³/mol. The normalized spacial score (nSPS) is 25.8. The standard InChI is InChI=1S/C25H34ClN5O4S/c1-17-23(24(26)29(2)28-17)36(33,34)31-14-20-12-30(13-21(20)15-31)10-8-22(18-6-4-3-5-7-18)27-25(32)19-9-11-35-16-19/h3-7,19-22H,8-16H2,1-2H3,(H,27,32)/t19?,20-,21?,22?/m0/s1. The molecule has 36 heavy (non-hydrogen) atoms. The van der Waals surface area contributed by atoms with Crippen molar-refractivity contribution in [2.45, 2.75) is 30.7 Å². The molecule has 3 aliphatic rings. The van der Waals surface area contributed by atoms with Crippen LogP contribution in [-0.4, -0.2) is 79.2 Å². The van der Waals surface area contributed by atoms with Crippen molar-refractivity contribution < 1.29 is 17.9 Å². The van der Waals surface area contributed by atoms with Gasteiger partial charge in [0.2, 0.25) is 15.9 Å². The second-order valence-corrected chi connectivity index (χ2v) is 12.5. The number of ether oxygens (including phenoxy) is 1. The Morgan fingerprint density at radius 1 is 1.19 bits per heavy atom. The first-order valence-electron chi connectivity index (χ1n) is 12.6. The number of amides is 1. The summed E-state index contributed by atoms with van der Waals surface area (Å²) in [6.07, 6.45) is 1.57. The van der Waals surface area contributed by atoms with Gasteiger partial charge in [-0.15, -0.1) is 0 Å². The first-order chi connectivity index (χ1) is 17.2. The molecule has 196 valence electrons. The second-order valence-electron chi connectivity index (χ2n) is 10.3. The van der Waals surface area contributed by atoms with Crippen molar-refractivity contribution in [1.29, 1.82) is 0 Å². The number of fused-ring (bicyclic) bond motifs is 1. The van der Waals surface area contributed by atoms with Gasteiger partial charge in [-0.2, -0.15) is 9.40 Å². The van der Waals surface area contributed by atoms with Crippen LogP contribution in [0.5, 0.6) is 0 Å². The molecule has 3 unspecified atom stereocenters. The van der Waals surface area contributed by atoms with E-state index in [9.17, 15) is 13.2 Å². The molecule has 0 bridgehead atoms. The number of nitrogens with one attached hydrogen (secondary N) is 1. The molecule has 4 heterocycles. The fourth-order valence-electron chi connectivity index (χ4n) is 5.81. The maximum absolute atomic E-state index is 13.3. The molecule has 3 saturated heterocycles. The zero-order chi connectivity index (χ0) is 25.4. The summed E-state index contributed by atoms with van der Waals surface area (Å²) in [7, 11) is -2.03. The highest BCUT2D eigenvalue weighted by Gasteiger charge is 2.45. The molecule has 9 nitrogen and oxygen atoms in total. The van der Waals surface area contributed by atoms with Crippen molar-refractivity contribution in [3.8, 4) is 0 Å². The summed E-state index contributed by atoms with van der Waals surface area (Å²) >= 11 is 6.27. The van der Waals surface area contributed by atoms with E-state index in [2.05, 4.69) is 27.4 Å². The Labute approximate surface area is 217 Å². The summed E-state index contributed by atoms with van der Waals surface area (Å²) in [5, 5.41) is 7.59. The van der Waals surface area contributed by atoms with Crippen molar-refractivity contribution in [2.75, 3.05) is 45.9 Å². The number of nitrogens with zero attached hydrogens (tertiary/aromatic N) is 4. The molecule has 1 aromatic heterocycles. The summed E-state index contributed by atoms with van der Waals surface area (Å²) in [5.74, 6) is 0.559. The average molecular weight is 536 g/mol. The molecule has 0 aliphatic carbocycles. The number of sulfonamides is 1. The van der Waals surface area contributed by atoms with E-state index >= 15 is 0 Å². The van der Waals surface area contributed by atoms with Crippen molar-refractivity contribution in [1.82, 2.24) is 24.3 Å². The number of hydrogen-bond donors (Lipinski definition) is 1. The van der Waals surface area contributed by atoms with E-state index in [4.69, 9.17) is 16.3 Å². The van der Waals surface area contributed by atoms with E-state index in [0.29, 0.717) is 32.0 Å². The van der Waals surface area contributed by atoms with Gasteiger partial charge < -0.3 is 15.0 Å². The van der Waals surface area contributed by atoms with Gasteiger partial charge in [-0.1, -0.05) is 41.9 Å². The Balaban J connectivity index is 1.19. The number of carbonyl (C=O) groups excluding carboxylic acids is 1. The number of aryl methyl sites for hydroxylation is 2. The number of halogens is 1. The lowest BCUT2D eigenvalue weighted by molar-refractivity contribution is -0.125. The maximum atomic E-state index is 13.3. The van der Waals surface area contributed by atoms with Crippen LogP contribution >= 0.6 is 11.6 Å². The van der Waals surface area contributed by atoms with Crippen LogP contribution in [0.3, 0.4) is 0 Å². The van der Waals surface area contributed by atoms with Gasteiger partial charge in [0, 0.05) is 46.4 Å². The molecule has 3 fully saturated rings. The minimum atomic E-state index is -3.68. The van der Waals surface area contributed by atoms with Crippen molar-refractivity contribution in [3.63, 3.8) is 0 Å². The zero-order valence-corrected chi connectivity index (χ0v) is 22.3. The first kappa shape index (κ1) is 25.7. The van der Waals surface area contributed by atoms with Gasteiger partial charge in [0.15, 0.2) is 0 Å². The van der Waals surface area contributed by atoms with Gasteiger partial charge in [-0.3, -0.25) is 9.48 Å². The largest absolute Gasteiger partial charge is 0.381 e. The Morgan fingerprint density at radius 2 is 1.89 bits per heavy atom. The van der Waals surface area contributed by atoms with E-state index < -0.39 is 10.0 Å². The highest BCUT2D eigenvalue weighted by Crippen LogP contribution is 2.37. The molecule has 11 heteroatoms. The van der Waals surface area contributed by atoms with Gasteiger partial charge in [-0.05, 0) is 37.2 Å². The first-order valence-corrected chi connectivity index (χ1v) is 14.4. The fourth-order valence-corrected chi connectivity index (χ4v) is 8.07. The molecular formula is C25H34ClN5O4S. The van der Waals surface area contributed by atoms with Crippen molar-refractivity contribution in [2.24, 2.45) is 24.8 Å². The topological polar surface area (TPSA) is 96.8 Å². The third-order valence-electron chi connectivity index (χ3n) is 7.78. The molecule has 5 rings (SSSR count). The monoisotopic (exact) mass is 535 g/mol. The van der Waals surface area contributed by atoms with Crippen molar-refractivity contribution >= 4 is 27.5 Å². The summed E-state index contributed by atoms with van der Waals surface area (Å²) in [6.45, 7) is 6.34. The quantitative estimate of drug-likeness (QED) is 0.557. The number of rotatable bonds is 8. The van der Waals surface area contributed by atoms with Gasteiger partial charge in [0.1, 0.15) is 10.0 Å². The van der Waals surface area contributed by atoms with Crippen LogP contribution in [0.25, 0.3) is 0 Å². The van der Waals surface area contributed by atoms with Gasteiger partial charge in [-0.25, -0.2) is 8.42 Å². The number of carbonyl (C=O) groups is 1. The van der Waals surface area contributed by atoms with Crippen LogP contribution in [0.1, 0.15) is 30.1 Å². The van der Waals surface area contributed by atoms with Crippen LogP contribution in [0.2, 0.25) is 5.15 Å².